The summed E-state index contributed by atoms with van der Waals surface area (Å²) in [5.74, 6) is 0.747. The third-order valence-corrected chi connectivity index (χ3v) is 3.03. The molecule has 0 saturated heterocycles. The molecule has 0 amide bonds. The molecule has 1 aromatic carbocycles. The van der Waals surface area contributed by atoms with E-state index in [1.54, 1.807) is 11.8 Å². The van der Waals surface area contributed by atoms with Crippen molar-refractivity contribution in [3.63, 3.8) is 0 Å². The summed E-state index contributed by atoms with van der Waals surface area (Å²) in [4.78, 5) is 1.32. The standard InChI is InChI=1S/C13H21NS/c1-10(2)8-11(3)14-12-6-5-7-13(9-12)15-4/h5-7,9-11,14H,8H2,1-4H3/t11-/m0/s1. The highest BCUT2D eigenvalue weighted by atomic mass is 32.2. The second kappa shape index (κ2) is 6.06. The van der Waals surface area contributed by atoms with Gasteiger partial charge in [-0.1, -0.05) is 19.9 Å². The molecule has 0 spiro atoms. The summed E-state index contributed by atoms with van der Waals surface area (Å²) >= 11 is 1.78. The van der Waals surface area contributed by atoms with Gasteiger partial charge in [0.05, 0.1) is 0 Å². The van der Waals surface area contributed by atoms with Gasteiger partial charge < -0.3 is 5.32 Å². The number of nitrogens with one attached hydrogen (secondary N) is 1. The average molecular weight is 223 g/mol. The minimum atomic E-state index is 0.544. The predicted molar refractivity (Wildman–Crippen MR) is 70.8 cm³/mol. The van der Waals surface area contributed by atoms with Gasteiger partial charge >= 0.3 is 0 Å². The molecule has 1 N–H and O–H groups in total. The molecule has 0 unspecified atom stereocenters. The fourth-order valence-electron chi connectivity index (χ4n) is 1.76. The van der Waals surface area contributed by atoms with Gasteiger partial charge in [0.15, 0.2) is 0 Å². The highest BCUT2D eigenvalue weighted by molar-refractivity contribution is 7.98. The molecule has 0 heterocycles. The molecule has 0 radical (unpaired) electrons. The molecular formula is C13H21NS. The molecule has 1 nitrogen and oxygen atoms in total. The first-order valence-corrected chi connectivity index (χ1v) is 6.75. The molecule has 1 rings (SSSR count). The topological polar surface area (TPSA) is 12.0 Å². The molecular weight excluding hydrogens is 202 g/mol. The lowest BCUT2D eigenvalue weighted by Crippen LogP contribution is -2.17. The SMILES string of the molecule is CSc1cccc(N[C@@H](C)CC(C)C)c1. The Hall–Kier alpha value is -0.630. The van der Waals surface area contributed by atoms with Gasteiger partial charge in [-0.3, -0.25) is 0 Å². The van der Waals surface area contributed by atoms with Crippen molar-refractivity contribution in [2.24, 2.45) is 5.92 Å². The van der Waals surface area contributed by atoms with E-state index < -0.39 is 0 Å². The number of thioether (sulfide) groups is 1. The summed E-state index contributed by atoms with van der Waals surface area (Å²) in [6.07, 6.45) is 3.32. The maximum atomic E-state index is 3.53. The van der Waals surface area contributed by atoms with Crippen molar-refractivity contribution < 1.29 is 0 Å². The van der Waals surface area contributed by atoms with Crippen molar-refractivity contribution in [3.8, 4) is 0 Å². The monoisotopic (exact) mass is 223 g/mol. The zero-order valence-electron chi connectivity index (χ0n) is 10.1. The molecule has 0 aliphatic rings. The van der Waals surface area contributed by atoms with E-state index in [1.807, 2.05) is 0 Å². The minimum Gasteiger partial charge on any atom is -0.383 e. The number of rotatable bonds is 5. The molecule has 0 aliphatic heterocycles. The van der Waals surface area contributed by atoms with Crippen molar-refractivity contribution in [1.82, 2.24) is 0 Å². The molecule has 0 fully saturated rings. The quantitative estimate of drug-likeness (QED) is 0.749. The Labute approximate surface area is 97.7 Å². The molecule has 0 saturated carbocycles. The molecule has 0 aromatic heterocycles. The van der Waals surface area contributed by atoms with Gasteiger partial charge in [0.2, 0.25) is 0 Å². The first kappa shape index (κ1) is 12.4. The zero-order valence-corrected chi connectivity index (χ0v) is 10.9. The first-order valence-electron chi connectivity index (χ1n) is 5.52. The molecule has 0 bridgehead atoms. The van der Waals surface area contributed by atoms with E-state index in [0.29, 0.717) is 6.04 Å². The molecule has 1 aromatic rings. The molecule has 1 atom stereocenters. The first-order chi connectivity index (χ1) is 7.11. The van der Waals surface area contributed by atoms with Crippen LogP contribution in [0, 0.1) is 5.92 Å². The van der Waals surface area contributed by atoms with E-state index in [1.165, 1.54) is 17.0 Å². The van der Waals surface area contributed by atoms with Crippen LogP contribution in [0.5, 0.6) is 0 Å². The number of hydrogen-bond donors (Lipinski definition) is 1. The summed E-state index contributed by atoms with van der Waals surface area (Å²) in [6.45, 7) is 6.76. The highest BCUT2D eigenvalue weighted by Gasteiger charge is 2.04. The van der Waals surface area contributed by atoms with Crippen LogP contribution in [0.3, 0.4) is 0 Å². The third-order valence-electron chi connectivity index (χ3n) is 2.31. The van der Waals surface area contributed by atoms with Crippen LogP contribution >= 0.6 is 11.8 Å². The van der Waals surface area contributed by atoms with Gasteiger partial charge in [-0.15, -0.1) is 11.8 Å². The van der Waals surface area contributed by atoms with Gasteiger partial charge in [-0.05, 0) is 43.7 Å². The van der Waals surface area contributed by atoms with Crippen LogP contribution < -0.4 is 5.32 Å². The molecule has 2 heteroatoms. The van der Waals surface area contributed by atoms with Gasteiger partial charge in [-0.2, -0.15) is 0 Å². The summed E-state index contributed by atoms with van der Waals surface area (Å²) in [6, 6.07) is 9.14. The van der Waals surface area contributed by atoms with E-state index in [2.05, 4.69) is 56.6 Å². The van der Waals surface area contributed by atoms with Gasteiger partial charge in [0.1, 0.15) is 0 Å². The second-order valence-corrected chi connectivity index (χ2v) is 5.29. The fourth-order valence-corrected chi connectivity index (χ4v) is 2.22. The lowest BCUT2D eigenvalue weighted by atomic mass is 10.1. The highest BCUT2D eigenvalue weighted by Crippen LogP contribution is 2.20. The summed E-state index contributed by atoms with van der Waals surface area (Å²) in [7, 11) is 0. The second-order valence-electron chi connectivity index (χ2n) is 4.41. The van der Waals surface area contributed by atoms with Crippen molar-refractivity contribution in [2.45, 2.75) is 38.1 Å². The number of benzene rings is 1. The average Bonchev–Trinajstić information content (AvgIpc) is 2.16. The zero-order chi connectivity index (χ0) is 11.3. The van der Waals surface area contributed by atoms with E-state index >= 15 is 0 Å². The Bertz CT molecular complexity index is 296. The van der Waals surface area contributed by atoms with Crippen LogP contribution in [-0.4, -0.2) is 12.3 Å². The van der Waals surface area contributed by atoms with Gasteiger partial charge in [-0.25, -0.2) is 0 Å². The summed E-state index contributed by atoms with van der Waals surface area (Å²) < 4.78 is 0. The van der Waals surface area contributed by atoms with Crippen LogP contribution in [-0.2, 0) is 0 Å². The lowest BCUT2D eigenvalue weighted by Gasteiger charge is -2.17. The van der Waals surface area contributed by atoms with Crippen LogP contribution in [0.4, 0.5) is 5.69 Å². The predicted octanol–water partition coefficient (Wildman–Crippen LogP) is 4.26. The Morgan fingerprint density at radius 2 is 2.00 bits per heavy atom. The Morgan fingerprint density at radius 1 is 1.27 bits per heavy atom. The van der Waals surface area contributed by atoms with E-state index in [9.17, 15) is 0 Å². The third kappa shape index (κ3) is 4.61. The minimum absolute atomic E-state index is 0.544. The summed E-state index contributed by atoms with van der Waals surface area (Å²) in [5, 5.41) is 3.53. The Balaban J connectivity index is 2.55. The number of anilines is 1. The normalized spacial score (nSPS) is 12.9. The smallest absolute Gasteiger partial charge is 0.0353 e. The van der Waals surface area contributed by atoms with Crippen molar-refractivity contribution in [3.05, 3.63) is 24.3 Å². The van der Waals surface area contributed by atoms with Crippen LogP contribution in [0.1, 0.15) is 27.2 Å². The van der Waals surface area contributed by atoms with Gasteiger partial charge in [0, 0.05) is 16.6 Å². The van der Waals surface area contributed by atoms with E-state index in [4.69, 9.17) is 0 Å². The van der Waals surface area contributed by atoms with Gasteiger partial charge in [0.25, 0.3) is 0 Å². The van der Waals surface area contributed by atoms with Crippen molar-refractivity contribution >= 4 is 17.4 Å². The maximum Gasteiger partial charge on any atom is 0.0353 e. The molecule has 15 heavy (non-hydrogen) atoms. The lowest BCUT2D eigenvalue weighted by molar-refractivity contribution is 0.540. The van der Waals surface area contributed by atoms with Crippen LogP contribution in [0.15, 0.2) is 29.2 Å². The largest absolute Gasteiger partial charge is 0.383 e. The van der Waals surface area contributed by atoms with Crippen molar-refractivity contribution in [1.29, 1.82) is 0 Å². The Kier molecular flexibility index (Phi) is 5.03. The Morgan fingerprint density at radius 3 is 2.60 bits per heavy atom. The maximum absolute atomic E-state index is 3.53. The van der Waals surface area contributed by atoms with E-state index in [-0.39, 0.29) is 0 Å². The van der Waals surface area contributed by atoms with Crippen molar-refractivity contribution in [2.75, 3.05) is 11.6 Å². The van der Waals surface area contributed by atoms with E-state index in [0.717, 1.165) is 5.92 Å². The molecule has 84 valence electrons. The van der Waals surface area contributed by atoms with Crippen LogP contribution in [0.25, 0.3) is 0 Å². The molecule has 0 aliphatic carbocycles. The number of hydrogen-bond acceptors (Lipinski definition) is 2. The fraction of sp³-hybridized carbons (Fsp3) is 0.538. The summed E-state index contributed by atoms with van der Waals surface area (Å²) in [5.41, 5.74) is 1.23. The van der Waals surface area contributed by atoms with Crippen LogP contribution in [0.2, 0.25) is 0 Å².